The molecule has 0 radical (unpaired) electrons. The SMILES string of the molecule is COc1ccc([C@@H]2CC(c3cccc([N+](=O)[O-])c3)=NN2C(=O)CN2CCCCC2)cc1. The minimum absolute atomic E-state index is 0.0132. The van der Waals surface area contributed by atoms with Gasteiger partial charge in [0.25, 0.3) is 11.6 Å². The number of piperidine rings is 1. The van der Waals surface area contributed by atoms with Gasteiger partial charge in [0, 0.05) is 24.1 Å². The van der Waals surface area contributed by atoms with E-state index in [-0.39, 0.29) is 17.6 Å². The Hall–Kier alpha value is -3.26. The number of ether oxygens (including phenoxy) is 1. The second-order valence-corrected chi connectivity index (χ2v) is 7.92. The largest absolute Gasteiger partial charge is 0.497 e. The fourth-order valence-corrected chi connectivity index (χ4v) is 4.18. The number of hydrogen-bond acceptors (Lipinski definition) is 6. The summed E-state index contributed by atoms with van der Waals surface area (Å²) in [7, 11) is 1.61. The first-order valence-electron chi connectivity index (χ1n) is 10.6. The third kappa shape index (κ3) is 4.74. The first-order valence-corrected chi connectivity index (χ1v) is 10.6. The quantitative estimate of drug-likeness (QED) is 0.522. The average molecular weight is 422 g/mol. The molecule has 0 unspecified atom stereocenters. The number of methoxy groups -OCH3 is 1. The van der Waals surface area contributed by atoms with Crippen molar-refractivity contribution in [2.45, 2.75) is 31.7 Å². The Morgan fingerprint density at radius 3 is 2.58 bits per heavy atom. The molecule has 162 valence electrons. The number of rotatable bonds is 6. The maximum Gasteiger partial charge on any atom is 0.270 e. The summed E-state index contributed by atoms with van der Waals surface area (Å²) in [4.78, 5) is 26.2. The van der Waals surface area contributed by atoms with Crippen molar-refractivity contribution in [2.75, 3.05) is 26.7 Å². The van der Waals surface area contributed by atoms with Crippen LogP contribution in [0.5, 0.6) is 5.75 Å². The van der Waals surface area contributed by atoms with Crippen LogP contribution in [0.4, 0.5) is 5.69 Å². The Labute approximate surface area is 181 Å². The lowest BCUT2D eigenvalue weighted by Gasteiger charge is -2.29. The summed E-state index contributed by atoms with van der Waals surface area (Å²) in [5.41, 5.74) is 2.31. The van der Waals surface area contributed by atoms with Gasteiger partial charge in [-0.2, -0.15) is 5.10 Å². The van der Waals surface area contributed by atoms with E-state index in [4.69, 9.17) is 4.74 Å². The molecule has 2 aliphatic heterocycles. The Bertz CT molecular complexity index is 983. The minimum atomic E-state index is -0.417. The average Bonchev–Trinajstić information content (AvgIpc) is 3.26. The van der Waals surface area contributed by atoms with Gasteiger partial charge in [0.05, 0.1) is 30.3 Å². The maximum atomic E-state index is 13.2. The number of likely N-dealkylation sites (tertiary alicyclic amines) is 1. The van der Waals surface area contributed by atoms with Crippen molar-refractivity contribution in [2.24, 2.45) is 5.10 Å². The predicted octanol–water partition coefficient (Wildman–Crippen LogP) is 3.77. The summed E-state index contributed by atoms with van der Waals surface area (Å²) >= 11 is 0. The lowest BCUT2D eigenvalue weighted by atomic mass is 9.98. The highest BCUT2D eigenvalue weighted by atomic mass is 16.6. The fourth-order valence-electron chi connectivity index (χ4n) is 4.18. The van der Waals surface area contributed by atoms with Gasteiger partial charge in [-0.15, -0.1) is 0 Å². The van der Waals surface area contributed by atoms with Gasteiger partial charge in [-0.05, 0) is 43.6 Å². The molecule has 0 aliphatic carbocycles. The molecule has 4 rings (SSSR count). The van der Waals surface area contributed by atoms with Crippen LogP contribution in [0.25, 0.3) is 0 Å². The molecule has 8 heteroatoms. The highest BCUT2D eigenvalue weighted by Gasteiger charge is 2.34. The van der Waals surface area contributed by atoms with Crippen LogP contribution < -0.4 is 4.74 Å². The molecule has 2 heterocycles. The van der Waals surface area contributed by atoms with E-state index in [1.165, 1.54) is 18.6 Å². The number of non-ortho nitro benzene ring substituents is 1. The summed E-state index contributed by atoms with van der Waals surface area (Å²) in [6, 6.07) is 13.8. The normalized spacial score (nSPS) is 19.2. The van der Waals surface area contributed by atoms with Crippen molar-refractivity contribution in [1.29, 1.82) is 0 Å². The van der Waals surface area contributed by atoms with Crippen LogP contribution >= 0.6 is 0 Å². The van der Waals surface area contributed by atoms with Gasteiger partial charge < -0.3 is 4.74 Å². The molecular weight excluding hydrogens is 396 g/mol. The summed E-state index contributed by atoms with van der Waals surface area (Å²) in [6.45, 7) is 2.18. The molecule has 1 amide bonds. The lowest BCUT2D eigenvalue weighted by Crippen LogP contribution is -2.40. The van der Waals surface area contributed by atoms with Gasteiger partial charge in [0.1, 0.15) is 5.75 Å². The Kier molecular flexibility index (Phi) is 6.27. The van der Waals surface area contributed by atoms with Gasteiger partial charge in [-0.3, -0.25) is 19.8 Å². The van der Waals surface area contributed by atoms with E-state index in [1.54, 1.807) is 24.3 Å². The molecule has 2 aromatic rings. The number of carbonyl (C=O) groups excluding carboxylic acids is 1. The molecule has 1 saturated heterocycles. The van der Waals surface area contributed by atoms with Crippen molar-refractivity contribution in [1.82, 2.24) is 9.91 Å². The van der Waals surface area contributed by atoms with Crippen LogP contribution in [0, 0.1) is 10.1 Å². The van der Waals surface area contributed by atoms with E-state index < -0.39 is 4.92 Å². The number of hydrazone groups is 1. The van der Waals surface area contributed by atoms with E-state index >= 15 is 0 Å². The molecule has 0 N–H and O–H groups in total. The number of nitro groups is 1. The van der Waals surface area contributed by atoms with Crippen LogP contribution in [-0.4, -0.2) is 53.2 Å². The summed E-state index contributed by atoms with van der Waals surface area (Å²) in [5.74, 6) is 0.691. The van der Waals surface area contributed by atoms with Crippen molar-refractivity contribution in [3.05, 3.63) is 69.8 Å². The second kappa shape index (κ2) is 9.26. The number of benzene rings is 2. The molecule has 0 aromatic heterocycles. The molecule has 8 nitrogen and oxygen atoms in total. The molecular formula is C23H26N4O4. The zero-order chi connectivity index (χ0) is 21.8. The standard InChI is InChI=1S/C23H26N4O4/c1-31-20-10-8-17(9-11-20)22-15-21(18-6-5-7-19(14-18)27(29)30)24-26(22)23(28)16-25-12-3-2-4-13-25/h5-11,14,22H,2-4,12-13,15-16H2,1H3/t22-/m0/s1. The smallest absolute Gasteiger partial charge is 0.270 e. The molecule has 1 fully saturated rings. The maximum absolute atomic E-state index is 13.2. The van der Waals surface area contributed by atoms with Crippen molar-refractivity contribution >= 4 is 17.3 Å². The number of nitrogens with zero attached hydrogens (tertiary/aromatic N) is 4. The van der Waals surface area contributed by atoms with Crippen molar-refractivity contribution in [3.8, 4) is 5.75 Å². The van der Waals surface area contributed by atoms with Crippen LogP contribution in [0.3, 0.4) is 0 Å². The molecule has 2 aliphatic rings. The van der Waals surface area contributed by atoms with Crippen LogP contribution in [0.15, 0.2) is 53.6 Å². The summed E-state index contributed by atoms with van der Waals surface area (Å²) in [5, 5.41) is 17.4. The third-order valence-electron chi connectivity index (χ3n) is 5.86. The van der Waals surface area contributed by atoms with Crippen LogP contribution in [0.2, 0.25) is 0 Å². The van der Waals surface area contributed by atoms with E-state index in [2.05, 4.69) is 10.0 Å². The molecule has 31 heavy (non-hydrogen) atoms. The van der Waals surface area contributed by atoms with E-state index in [0.29, 0.717) is 24.2 Å². The number of hydrogen-bond donors (Lipinski definition) is 0. The zero-order valence-electron chi connectivity index (χ0n) is 17.6. The minimum Gasteiger partial charge on any atom is -0.497 e. The van der Waals surface area contributed by atoms with E-state index in [9.17, 15) is 14.9 Å². The number of nitro benzene ring substituents is 1. The van der Waals surface area contributed by atoms with Gasteiger partial charge in [0.15, 0.2) is 0 Å². The van der Waals surface area contributed by atoms with Gasteiger partial charge >= 0.3 is 0 Å². The van der Waals surface area contributed by atoms with Crippen molar-refractivity contribution in [3.63, 3.8) is 0 Å². The van der Waals surface area contributed by atoms with Crippen molar-refractivity contribution < 1.29 is 14.5 Å². The van der Waals surface area contributed by atoms with Gasteiger partial charge in [-0.1, -0.05) is 30.7 Å². The molecule has 1 atom stereocenters. The number of amides is 1. The Balaban J connectivity index is 1.62. The fraction of sp³-hybridized carbons (Fsp3) is 0.391. The zero-order valence-corrected chi connectivity index (χ0v) is 17.6. The first kappa shape index (κ1) is 21.0. The number of carbonyl (C=O) groups is 1. The molecule has 2 aromatic carbocycles. The third-order valence-corrected chi connectivity index (χ3v) is 5.86. The molecule has 0 spiro atoms. The van der Waals surface area contributed by atoms with E-state index in [1.807, 2.05) is 24.3 Å². The van der Waals surface area contributed by atoms with Gasteiger partial charge in [0.2, 0.25) is 0 Å². The highest BCUT2D eigenvalue weighted by Crippen LogP contribution is 2.34. The monoisotopic (exact) mass is 422 g/mol. The van der Waals surface area contributed by atoms with Crippen LogP contribution in [-0.2, 0) is 4.79 Å². The molecule has 0 bridgehead atoms. The summed E-state index contributed by atoms with van der Waals surface area (Å²) < 4.78 is 5.25. The van der Waals surface area contributed by atoms with E-state index in [0.717, 1.165) is 37.2 Å². The Morgan fingerprint density at radius 1 is 1.16 bits per heavy atom. The first-order chi connectivity index (χ1) is 15.0. The molecule has 0 saturated carbocycles. The Morgan fingerprint density at radius 2 is 1.90 bits per heavy atom. The van der Waals surface area contributed by atoms with Crippen LogP contribution in [0.1, 0.15) is 42.9 Å². The topological polar surface area (TPSA) is 88.3 Å². The second-order valence-electron chi connectivity index (χ2n) is 7.92. The summed E-state index contributed by atoms with van der Waals surface area (Å²) in [6.07, 6.45) is 3.92. The predicted molar refractivity (Wildman–Crippen MR) is 117 cm³/mol. The lowest BCUT2D eigenvalue weighted by molar-refractivity contribution is -0.384. The van der Waals surface area contributed by atoms with Gasteiger partial charge in [-0.25, -0.2) is 5.01 Å². The highest BCUT2D eigenvalue weighted by molar-refractivity contribution is 6.03.